The second-order valence-electron chi connectivity index (χ2n) is 4.10. The number of hydrogen-bond acceptors (Lipinski definition) is 7. The molecule has 0 spiro atoms. The van der Waals surface area contributed by atoms with Gasteiger partial charge in [0.2, 0.25) is 5.89 Å². The molecule has 8 nitrogen and oxygen atoms in total. The number of nitro benzene ring substituents is 1. The van der Waals surface area contributed by atoms with Gasteiger partial charge in [0.25, 0.3) is 0 Å². The van der Waals surface area contributed by atoms with E-state index in [1.54, 1.807) is 19.1 Å². The number of nitrogens with one attached hydrogen (secondary N) is 1. The summed E-state index contributed by atoms with van der Waals surface area (Å²) in [5.41, 5.74) is 0.722. The van der Waals surface area contributed by atoms with Crippen LogP contribution < -0.4 is 10.1 Å². The molecule has 8 heteroatoms. The van der Waals surface area contributed by atoms with E-state index in [1.165, 1.54) is 13.2 Å². The van der Waals surface area contributed by atoms with E-state index < -0.39 is 4.92 Å². The molecular formula is C12H14N4O4. The summed E-state index contributed by atoms with van der Waals surface area (Å²) in [6.45, 7) is 2.60. The quantitative estimate of drug-likeness (QED) is 0.632. The Morgan fingerprint density at radius 1 is 1.45 bits per heavy atom. The van der Waals surface area contributed by atoms with Crippen LogP contribution >= 0.6 is 0 Å². The fourth-order valence-corrected chi connectivity index (χ4v) is 1.72. The number of aromatic nitrogens is 2. The van der Waals surface area contributed by atoms with Crippen LogP contribution in [0.3, 0.4) is 0 Å². The highest BCUT2D eigenvalue weighted by atomic mass is 16.6. The van der Waals surface area contributed by atoms with E-state index in [-0.39, 0.29) is 11.4 Å². The molecule has 0 atom stereocenters. The summed E-state index contributed by atoms with van der Waals surface area (Å²) in [7, 11) is 1.40. The largest absolute Gasteiger partial charge is 0.490 e. The van der Waals surface area contributed by atoms with Gasteiger partial charge in [0.05, 0.1) is 18.6 Å². The fourth-order valence-electron chi connectivity index (χ4n) is 1.72. The van der Waals surface area contributed by atoms with Crippen LogP contribution in [0.4, 0.5) is 5.69 Å². The van der Waals surface area contributed by atoms with Crippen molar-refractivity contribution in [3.8, 4) is 5.75 Å². The van der Waals surface area contributed by atoms with Gasteiger partial charge < -0.3 is 14.6 Å². The summed E-state index contributed by atoms with van der Waals surface area (Å²) in [4.78, 5) is 14.5. The van der Waals surface area contributed by atoms with Gasteiger partial charge in [0.1, 0.15) is 0 Å². The summed E-state index contributed by atoms with van der Waals surface area (Å²) in [6, 6.07) is 4.82. The number of nitro groups is 1. The molecule has 1 aromatic heterocycles. The fraction of sp³-hybridized carbons (Fsp3) is 0.333. The van der Waals surface area contributed by atoms with Gasteiger partial charge in [-0.05, 0) is 11.6 Å². The molecule has 2 aromatic rings. The molecule has 0 saturated carbocycles. The minimum absolute atomic E-state index is 0.0535. The Hall–Kier alpha value is -2.48. The number of benzene rings is 1. The Morgan fingerprint density at radius 3 is 2.85 bits per heavy atom. The maximum absolute atomic E-state index is 10.9. The van der Waals surface area contributed by atoms with E-state index in [1.807, 2.05) is 0 Å². The van der Waals surface area contributed by atoms with Crippen LogP contribution in [0, 0.1) is 17.0 Å². The smallest absolute Gasteiger partial charge is 0.311 e. The van der Waals surface area contributed by atoms with Crippen molar-refractivity contribution in [2.24, 2.45) is 0 Å². The first-order valence-corrected chi connectivity index (χ1v) is 5.91. The molecule has 0 saturated heterocycles. The molecule has 0 bridgehead atoms. The first-order chi connectivity index (χ1) is 9.60. The minimum Gasteiger partial charge on any atom is -0.490 e. The number of nitrogens with zero attached hydrogens (tertiary/aromatic N) is 3. The first-order valence-electron chi connectivity index (χ1n) is 5.91. The third kappa shape index (κ3) is 3.29. The molecule has 0 aliphatic heterocycles. The van der Waals surface area contributed by atoms with Crippen LogP contribution in [0.5, 0.6) is 5.75 Å². The SMILES string of the molecule is COc1ccc(CNCc2noc(C)n2)cc1[N+](=O)[O-]. The average molecular weight is 278 g/mol. The van der Waals surface area contributed by atoms with Crippen molar-refractivity contribution in [3.05, 3.63) is 45.6 Å². The Bertz CT molecular complexity index is 611. The predicted molar refractivity (Wildman–Crippen MR) is 69.2 cm³/mol. The summed E-state index contributed by atoms with van der Waals surface area (Å²) in [5.74, 6) is 1.29. The molecule has 0 aliphatic rings. The zero-order chi connectivity index (χ0) is 14.5. The van der Waals surface area contributed by atoms with Crippen molar-refractivity contribution in [2.75, 3.05) is 7.11 Å². The van der Waals surface area contributed by atoms with Crippen molar-refractivity contribution < 1.29 is 14.2 Å². The Balaban J connectivity index is 1.99. The Morgan fingerprint density at radius 2 is 2.25 bits per heavy atom. The molecule has 20 heavy (non-hydrogen) atoms. The van der Waals surface area contributed by atoms with Gasteiger partial charge in [-0.2, -0.15) is 4.98 Å². The van der Waals surface area contributed by atoms with E-state index in [9.17, 15) is 10.1 Å². The number of methoxy groups -OCH3 is 1. The zero-order valence-electron chi connectivity index (χ0n) is 11.1. The van der Waals surface area contributed by atoms with Gasteiger partial charge in [-0.1, -0.05) is 11.2 Å². The summed E-state index contributed by atoms with van der Waals surface area (Å²) >= 11 is 0. The highest BCUT2D eigenvalue weighted by molar-refractivity contribution is 5.48. The Labute approximate surface area is 114 Å². The second kappa shape index (κ2) is 6.11. The maximum atomic E-state index is 10.9. The van der Waals surface area contributed by atoms with Gasteiger partial charge in [-0.15, -0.1) is 0 Å². The second-order valence-corrected chi connectivity index (χ2v) is 4.10. The van der Waals surface area contributed by atoms with Gasteiger partial charge in [0.15, 0.2) is 11.6 Å². The summed E-state index contributed by atoms with van der Waals surface area (Å²) in [5, 5.41) is 17.7. The Kier molecular flexibility index (Phi) is 4.26. The lowest BCUT2D eigenvalue weighted by Crippen LogP contribution is -2.14. The van der Waals surface area contributed by atoms with E-state index in [2.05, 4.69) is 15.5 Å². The van der Waals surface area contributed by atoms with Crippen LogP contribution in [0.15, 0.2) is 22.7 Å². The molecule has 1 heterocycles. The van der Waals surface area contributed by atoms with Crippen LogP contribution in [0.1, 0.15) is 17.3 Å². The zero-order valence-corrected chi connectivity index (χ0v) is 11.1. The van der Waals surface area contributed by atoms with Gasteiger partial charge in [-0.25, -0.2) is 0 Å². The van der Waals surface area contributed by atoms with Gasteiger partial charge >= 0.3 is 5.69 Å². The van der Waals surface area contributed by atoms with E-state index in [4.69, 9.17) is 9.26 Å². The molecule has 0 fully saturated rings. The van der Waals surface area contributed by atoms with Crippen LogP contribution in [-0.4, -0.2) is 22.2 Å². The molecule has 0 amide bonds. The van der Waals surface area contributed by atoms with E-state index in [0.717, 1.165) is 5.56 Å². The highest BCUT2D eigenvalue weighted by Crippen LogP contribution is 2.27. The van der Waals surface area contributed by atoms with Crippen molar-refractivity contribution in [1.29, 1.82) is 0 Å². The van der Waals surface area contributed by atoms with Crippen molar-refractivity contribution in [2.45, 2.75) is 20.0 Å². The van der Waals surface area contributed by atoms with Gasteiger partial charge in [0, 0.05) is 19.5 Å². The molecule has 106 valence electrons. The van der Waals surface area contributed by atoms with Crippen LogP contribution in [-0.2, 0) is 13.1 Å². The molecule has 0 radical (unpaired) electrons. The third-order valence-corrected chi connectivity index (χ3v) is 2.62. The predicted octanol–water partition coefficient (Wildman–Crippen LogP) is 1.58. The maximum Gasteiger partial charge on any atom is 0.311 e. The van der Waals surface area contributed by atoms with Crippen molar-refractivity contribution >= 4 is 5.69 Å². The number of aryl methyl sites for hydroxylation is 1. The monoisotopic (exact) mass is 278 g/mol. The molecule has 0 unspecified atom stereocenters. The molecular weight excluding hydrogens is 264 g/mol. The molecule has 2 rings (SSSR count). The minimum atomic E-state index is -0.467. The first kappa shape index (κ1) is 13.9. The number of ether oxygens (including phenoxy) is 1. The van der Waals surface area contributed by atoms with Crippen molar-refractivity contribution in [3.63, 3.8) is 0 Å². The standard InChI is InChI=1S/C12H14N4O4/c1-8-14-12(15-20-8)7-13-6-9-3-4-11(19-2)10(5-9)16(17)18/h3-5,13H,6-7H2,1-2H3. The van der Waals surface area contributed by atoms with E-state index in [0.29, 0.717) is 24.8 Å². The molecule has 1 aromatic carbocycles. The summed E-state index contributed by atoms with van der Waals surface area (Å²) in [6.07, 6.45) is 0. The lowest BCUT2D eigenvalue weighted by Gasteiger charge is -2.05. The number of hydrogen-bond donors (Lipinski definition) is 1. The topological polar surface area (TPSA) is 103 Å². The van der Waals surface area contributed by atoms with Crippen molar-refractivity contribution in [1.82, 2.24) is 15.5 Å². The lowest BCUT2D eigenvalue weighted by atomic mass is 10.2. The molecule has 0 aliphatic carbocycles. The molecule has 1 N–H and O–H groups in total. The van der Waals surface area contributed by atoms with Crippen LogP contribution in [0.25, 0.3) is 0 Å². The van der Waals surface area contributed by atoms with E-state index >= 15 is 0 Å². The van der Waals surface area contributed by atoms with Gasteiger partial charge in [-0.3, -0.25) is 10.1 Å². The normalized spacial score (nSPS) is 10.5. The lowest BCUT2D eigenvalue weighted by molar-refractivity contribution is -0.385. The average Bonchev–Trinajstić information content (AvgIpc) is 2.84. The number of rotatable bonds is 6. The third-order valence-electron chi connectivity index (χ3n) is 2.62. The van der Waals surface area contributed by atoms with Crippen LogP contribution in [0.2, 0.25) is 0 Å². The summed E-state index contributed by atoms with van der Waals surface area (Å²) < 4.78 is 9.78. The highest BCUT2D eigenvalue weighted by Gasteiger charge is 2.14.